The predicted molar refractivity (Wildman–Crippen MR) is 253 cm³/mol. The minimum absolute atomic E-state index is 0.140. The Morgan fingerprint density at radius 2 is 0.875 bits per heavy atom. The molecule has 0 bridgehead atoms. The zero-order valence-electron chi connectivity index (χ0n) is 40.2. The van der Waals surface area contributed by atoms with Gasteiger partial charge in [-0.05, 0) is 65.3 Å². The van der Waals surface area contributed by atoms with Gasteiger partial charge in [0.1, 0.15) is 6.79 Å². The molecule has 0 aromatic carbocycles. The average Bonchev–Trinajstić information content (AvgIpc) is 3.24. The van der Waals surface area contributed by atoms with E-state index in [0.29, 0.717) is 25.7 Å². The van der Waals surface area contributed by atoms with Crippen LogP contribution in [0, 0.1) is 11.3 Å². The first kappa shape index (κ1) is 69.6. The highest BCUT2D eigenvalue weighted by atomic mass is 16.6. The summed E-state index contributed by atoms with van der Waals surface area (Å²) in [6.07, 6.45) is 40.4. The van der Waals surface area contributed by atoms with Gasteiger partial charge in [-0.25, -0.2) is 0 Å². The molecule has 2 unspecified atom stereocenters. The maximum absolute atomic E-state index is 9.57. The number of nitrogens with two attached hydrogens (primary N) is 1. The highest BCUT2D eigenvalue weighted by Gasteiger charge is 2.26. The first-order valence-corrected chi connectivity index (χ1v) is 23.8. The predicted octanol–water partition coefficient (Wildman–Crippen LogP) is 14.4. The summed E-state index contributed by atoms with van der Waals surface area (Å²) in [5.41, 5.74) is 4.71. The Hall–Kier alpha value is -0.960. The summed E-state index contributed by atoms with van der Waals surface area (Å²) >= 11 is 0. The number of hydrogen-bond donors (Lipinski definition) is 6. The molecule has 0 saturated heterocycles. The fourth-order valence-corrected chi connectivity index (χ4v) is 5.37. The molecule has 56 heavy (non-hydrogen) atoms. The Morgan fingerprint density at radius 1 is 0.536 bits per heavy atom. The Labute approximate surface area is 353 Å². The van der Waals surface area contributed by atoms with E-state index in [2.05, 4.69) is 27.7 Å². The van der Waals surface area contributed by atoms with Crippen LogP contribution in [0.4, 0.5) is 0 Å². The van der Waals surface area contributed by atoms with Crippen molar-refractivity contribution in [1.29, 1.82) is 0 Å². The molecule has 0 saturated carbocycles. The van der Waals surface area contributed by atoms with Crippen LogP contribution in [0.25, 0.3) is 0 Å². The van der Waals surface area contributed by atoms with E-state index in [1.54, 1.807) is 13.0 Å². The fourth-order valence-electron chi connectivity index (χ4n) is 5.37. The summed E-state index contributed by atoms with van der Waals surface area (Å²) in [5.74, 6) is 0.578. The Balaban J connectivity index is -0.000000128. The Bertz CT molecular complexity index is 583. The van der Waals surface area contributed by atoms with Crippen molar-refractivity contribution in [3.05, 3.63) is 24.5 Å². The summed E-state index contributed by atoms with van der Waals surface area (Å²) in [6.45, 7) is 24.3. The quantitative estimate of drug-likeness (QED) is 0.0178. The van der Waals surface area contributed by atoms with Crippen LogP contribution >= 0.6 is 0 Å². The molecule has 0 aliphatic heterocycles. The van der Waals surface area contributed by atoms with Crippen molar-refractivity contribution in [2.45, 2.75) is 243 Å². The van der Waals surface area contributed by atoms with Crippen LogP contribution in [-0.2, 0) is 4.74 Å². The van der Waals surface area contributed by atoms with Gasteiger partial charge in [-0.1, -0.05) is 208 Å². The van der Waals surface area contributed by atoms with E-state index in [-0.39, 0.29) is 18.8 Å². The SMILES string of the molecule is CC.CC=CC.CC=CO.CCCCC(CC)(CO)COCO.CCCCCCCCCCCCC(CO)CCCCCCCCCC.CCCCO.CCN. The highest BCUT2D eigenvalue weighted by Crippen LogP contribution is 2.28. The molecule has 0 aliphatic rings. The normalized spacial score (nSPS) is 11.8. The lowest BCUT2D eigenvalue weighted by molar-refractivity contribution is -0.0640. The van der Waals surface area contributed by atoms with Crippen LogP contribution in [0.5, 0.6) is 0 Å². The van der Waals surface area contributed by atoms with E-state index in [9.17, 15) is 10.2 Å². The second kappa shape index (κ2) is 74.9. The van der Waals surface area contributed by atoms with Crippen molar-refractivity contribution in [1.82, 2.24) is 0 Å². The molecular formula is C49H109NO6. The fraction of sp³-hybridized carbons (Fsp3) is 0.918. The molecule has 0 heterocycles. The van der Waals surface area contributed by atoms with E-state index in [4.69, 9.17) is 25.8 Å². The van der Waals surface area contributed by atoms with Crippen molar-refractivity contribution in [3.8, 4) is 0 Å². The van der Waals surface area contributed by atoms with Crippen LogP contribution in [0.3, 0.4) is 0 Å². The molecule has 2 atom stereocenters. The van der Waals surface area contributed by atoms with Gasteiger partial charge in [0.05, 0.1) is 19.5 Å². The maximum atomic E-state index is 9.57. The second-order valence-corrected chi connectivity index (χ2v) is 14.5. The highest BCUT2D eigenvalue weighted by molar-refractivity contribution is 4.76. The summed E-state index contributed by atoms with van der Waals surface area (Å²) in [4.78, 5) is 0. The van der Waals surface area contributed by atoms with E-state index in [1.165, 1.54) is 128 Å². The monoisotopic (exact) mass is 808 g/mol. The summed E-state index contributed by atoms with van der Waals surface area (Å²) in [6, 6.07) is 0. The number of unbranched alkanes of at least 4 members (excludes halogenated alkanes) is 18. The van der Waals surface area contributed by atoms with Crippen LogP contribution in [-0.4, -0.2) is 65.3 Å². The first-order valence-electron chi connectivity index (χ1n) is 23.8. The van der Waals surface area contributed by atoms with Crippen LogP contribution in [0.2, 0.25) is 0 Å². The van der Waals surface area contributed by atoms with Crippen LogP contribution in [0.15, 0.2) is 24.5 Å². The zero-order chi connectivity index (χ0) is 44.2. The van der Waals surface area contributed by atoms with E-state index in [1.807, 2.05) is 53.7 Å². The van der Waals surface area contributed by atoms with E-state index < -0.39 is 0 Å². The smallest absolute Gasteiger partial charge is 0.143 e. The number of ether oxygens (including phenoxy) is 1. The lowest BCUT2D eigenvalue weighted by Gasteiger charge is -2.29. The van der Waals surface area contributed by atoms with Gasteiger partial charge in [0.25, 0.3) is 0 Å². The number of aliphatic hydroxyl groups is 5. The van der Waals surface area contributed by atoms with E-state index >= 15 is 0 Å². The topological polar surface area (TPSA) is 136 Å². The third kappa shape index (κ3) is 77.5. The largest absolute Gasteiger partial charge is 0.516 e. The molecule has 7 N–H and O–H groups in total. The third-order valence-corrected chi connectivity index (χ3v) is 9.33. The van der Waals surface area contributed by atoms with E-state index in [0.717, 1.165) is 51.3 Å². The minimum Gasteiger partial charge on any atom is -0.516 e. The van der Waals surface area contributed by atoms with Crippen LogP contribution in [0.1, 0.15) is 243 Å². The van der Waals surface area contributed by atoms with Crippen molar-refractivity contribution in [2.75, 3.05) is 39.8 Å². The van der Waals surface area contributed by atoms with Crippen molar-refractivity contribution in [2.24, 2.45) is 17.1 Å². The van der Waals surface area contributed by atoms with Gasteiger partial charge in [0.2, 0.25) is 0 Å². The molecule has 0 aromatic rings. The molecule has 7 heteroatoms. The van der Waals surface area contributed by atoms with Crippen LogP contribution < -0.4 is 5.73 Å². The first-order chi connectivity index (χ1) is 27.2. The van der Waals surface area contributed by atoms with Gasteiger partial charge < -0.3 is 36.0 Å². The molecule has 7 nitrogen and oxygen atoms in total. The molecular weight excluding hydrogens is 699 g/mol. The number of rotatable bonds is 31. The van der Waals surface area contributed by atoms with Crippen molar-refractivity contribution >= 4 is 0 Å². The van der Waals surface area contributed by atoms with Crippen molar-refractivity contribution in [3.63, 3.8) is 0 Å². The van der Waals surface area contributed by atoms with Gasteiger partial charge >= 0.3 is 0 Å². The molecule has 0 rings (SSSR count). The molecule has 0 aliphatic carbocycles. The Morgan fingerprint density at radius 3 is 1.09 bits per heavy atom. The zero-order valence-corrected chi connectivity index (χ0v) is 40.2. The number of allylic oxidation sites excluding steroid dienone is 3. The van der Waals surface area contributed by atoms with Gasteiger partial charge in [-0.2, -0.15) is 0 Å². The van der Waals surface area contributed by atoms with Gasteiger partial charge in [0.15, 0.2) is 0 Å². The molecule has 0 radical (unpaired) electrons. The molecule has 346 valence electrons. The molecule has 0 fully saturated rings. The molecule has 0 aromatic heterocycles. The lowest BCUT2D eigenvalue weighted by atomic mass is 9.82. The third-order valence-electron chi connectivity index (χ3n) is 9.33. The molecule has 0 spiro atoms. The molecule has 0 amide bonds. The van der Waals surface area contributed by atoms with Gasteiger partial charge in [-0.3, -0.25) is 0 Å². The summed E-state index contributed by atoms with van der Waals surface area (Å²) in [5, 5.41) is 43.1. The number of aliphatic hydroxyl groups excluding tert-OH is 5. The Kier molecular flexibility index (Phi) is 93.2. The second-order valence-electron chi connectivity index (χ2n) is 14.5. The lowest BCUT2D eigenvalue weighted by Crippen LogP contribution is -2.30. The number of hydrogen-bond acceptors (Lipinski definition) is 7. The summed E-state index contributed by atoms with van der Waals surface area (Å²) < 4.78 is 4.97. The average molecular weight is 808 g/mol. The standard InChI is InChI=1S/C24H50O.C10H22O3.C4H10O.C4H8.C3H6O.C2H7N.C2H6/c1-3-5-7-9-11-13-14-16-18-20-22-24(23-25)21-19-17-15-12-10-8-6-4-2;1-3-5-6-10(4-2,7-11)8-13-9-12;1-2-3-4-5;1-3-4-2;1-2-3-4;1-2-3;1-2/h24-25H,3-23H2,1-2H3;11-12H,3-9H2,1-2H3;5H,2-4H2,1H3;3-4H,1-2H3;2-4H,1H3;2-3H2,1H3;1-2H3. The maximum Gasteiger partial charge on any atom is 0.143 e. The van der Waals surface area contributed by atoms with Crippen molar-refractivity contribution < 1.29 is 30.3 Å². The summed E-state index contributed by atoms with van der Waals surface area (Å²) in [7, 11) is 0. The van der Waals surface area contributed by atoms with Gasteiger partial charge in [-0.15, -0.1) is 0 Å². The minimum atomic E-state index is -0.256. The van der Waals surface area contributed by atoms with Gasteiger partial charge in [0, 0.05) is 18.6 Å².